The van der Waals surface area contributed by atoms with E-state index in [0.29, 0.717) is 5.95 Å². The average Bonchev–Trinajstić information content (AvgIpc) is 2.99. The van der Waals surface area contributed by atoms with Crippen LogP contribution in [0.15, 0.2) is 12.4 Å². The number of rotatable bonds is 7. The second kappa shape index (κ2) is 11.1. The molecule has 10 nitrogen and oxygen atoms in total. The summed E-state index contributed by atoms with van der Waals surface area (Å²) in [6.45, 7) is 17.2. The van der Waals surface area contributed by atoms with Crippen molar-refractivity contribution in [3.63, 3.8) is 0 Å². The normalized spacial score (nSPS) is 23.9. The van der Waals surface area contributed by atoms with E-state index >= 15 is 0 Å². The molecule has 1 aliphatic heterocycles. The van der Waals surface area contributed by atoms with Crippen molar-refractivity contribution < 1.29 is 23.6 Å². The maximum Gasteiger partial charge on any atom is 0.498 e. The number of anilines is 1. The van der Waals surface area contributed by atoms with E-state index in [0.717, 1.165) is 31.1 Å². The molecule has 2 fully saturated rings. The first kappa shape index (κ1) is 29.2. The molecule has 3 atom stereocenters. The Hall–Kier alpha value is -2.40. The fourth-order valence-electron chi connectivity index (χ4n) is 4.40. The van der Waals surface area contributed by atoms with Gasteiger partial charge in [0, 0.05) is 29.9 Å². The Morgan fingerprint density at radius 2 is 1.57 bits per heavy atom. The third kappa shape index (κ3) is 7.57. The predicted octanol–water partition coefficient (Wildman–Crippen LogP) is 3.16. The second-order valence-corrected chi connectivity index (χ2v) is 12.4. The summed E-state index contributed by atoms with van der Waals surface area (Å²) in [6, 6.07) is -0.850. The molecule has 0 aromatic carbocycles. The van der Waals surface area contributed by atoms with Crippen LogP contribution in [0.3, 0.4) is 0 Å². The predicted molar refractivity (Wildman–Crippen MR) is 144 cm³/mol. The molecule has 206 valence electrons. The lowest BCUT2D eigenvalue weighted by molar-refractivity contribution is -0.125. The van der Waals surface area contributed by atoms with E-state index < -0.39 is 36.1 Å². The molecule has 0 spiro atoms. The topological polar surface area (TPSA) is 124 Å². The van der Waals surface area contributed by atoms with Crippen molar-refractivity contribution in [2.24, 2.45) is 5.92 Å². The van der Waals surface area contributed by atoms with Crippen LogP contribution in [0.25, 0.3) is 0 Å². The van der Waals surface area contributed by atoms with Gasteiger partial charge in [0.05, 0.1) is 11.2 Å². The van der Waals surface area contributed by atoms with Gasteiger partial charge < -0.3 is 30.0 Å². The van der Waals surface area contributed by atoms with Crippen LogP contribution < -0.4 is 21.4 Å². The van der Waals surface area contributed by atoms with E-state index in [1.54, 1.807) is 33.2 Å². The van der Waals surface area contributed by atoms with Crippen molar-refractivity contribution >= 4 is 30.5 Å². The van der Waals surface area contributed by atoms with Gasteiger partial charge in [-0.05, 0) is 67.2 Å². The van der Waals surface area contributed by atoms with Crippen molar-refractivity contribution in [2.45, 2.75) is 123 Å². The van der Waals surface area contributed by atoms with Gasteiger partial charge in [0.15, 0.2) is 0 Å². The fraction of sp³-hybridized carbons (Fsp3) is 0.769. The Kier molecular flexibility index (Phi) is 8.79. The lowest BCUT2D eigenvalue weighted by atomic mass is 9.81. The van der Waals surface area contributed by atoms with E-state index in [9.17, 15) is 9.59 Å². The van der Waals surface area contributed by atoms with Crippen LogP contribution in [0.4, 0.5) is 10.7 Å². The number of aromatic nitrogens is 2. The minimum Gasteiger partial charge on any atom is -0.444 e. The van der Waals surface area contributed by atoms with Crippen molar-refractivity contribution in [3.05, 3.63) is 12.4 Å². The highest BCUT2D eigenvalue weighted by Crippen LogP contribution is 2.36. The Morgan fingerprint density at radius 1 is 1.03 bits per heavy atom. The molecule has 3 rings (SSSR count). The number of amides is 2. The first-order chi connectivity index (χ1) is 17.1. The van der Waals surface area contributed by atoms with Crippen molar-refractivity contribution in [1.82, 2.24) is 20.6 Å². The molecule has 1 aromatic heterocycles. The van der Waals surface area contributed by atoms with Crippen LogP contribution in [0.2, 0.25) is 0 Å². The molecule has 0 unspecified atom stereocenters. The van der Waals surface area contributed by atoms with Crippen LogP contribution >= 0.6 is 0 Å². The number of nitrogens with zero attached hydrogens (tertiary/aromatic N) is 2. The van der Waals surface area contributed by atoms with E-state index in [1.807, 2.05) is 41.5 Å². The monoisotopic (exact) mass is 517 g/mol. The van der Waals surface area contributed by atoms with Crippen molar-refractivity contribution in [1.29, 1.82) is 0 Å². The van der Waals surface area contributed by atoms with Gasteiger partial charge in [-0.3, -0.25) is 4.79 Å². The van der Waals surface area contributed by atoms with Crippen LogP contribution in [0.5, 0.6) is 0 Å². The number of hydrogen-bond acceptors (Lipinski definition) is 8. The van der Waals surface area contributed by atoms with Crippen molar-refractivity contribution in [3.8, 4) is 0 Å². The Balaban J connectivity index is 1.62. The number of alkyl carbamates (subject to hydrolysis) is 1. The first-order valence-corrected chi connectivity index (χ1v) is 13.3. The lowest BCUT2D eigenvalue weighted by Gasteiger charge is -2.34. The van der Waals surface area contributed by atoms with Gasteiger partial charge in [-0.25, -0.2) is 14.8 Å². The number of carbonyl (C=O) groups is 2. The minimum atomic E-state index is -0.701. The lowest BCUT2D eigenvalue weighted by Crippen LogP contribution is -2.56. The molecule has 0 radical (unpaired) electrons. The highest BCUT2D eigenvalue weighted by atomic mass is 16.7. The summed E-state index contributed by atoms with van der Waals surface area (Å²) >= 11 is 0. The second-order valence-electron chi connectivity index (χ2n) is 12.4. The molecular formula is C26H44BN5O5. The smallest absolute Gasteiger partial charge is 0.444 e. The van der Waals surface area contributed by atoms with Crippen LogP contribution in [0, 0.1) is 5.92 Å². The quantitative estimate of drug-likeness (QED) is 0.472. The Morgan fingerprint density at radius 3 is 2.08 bits per heavy atom. The van der Waals surface area contributed by atoms with Gasteiger partial charge in [0.25, 0.3) is 0 Å². The third-order valence-electron chi connectivity index (χ3n) is 7.23. The number of carbonyl (C=O) groups excluding carboxylic acids is 2. The Bertz CT molecular complexity index is 932. The van der Waals surface area contributed by atoms with Gasteiger partial charge >= 0.3 is 13.2 Å². The first-order valence-electron chi connectivity index (χ1n) is 13.3. The molecule has 37 heavy (non-hydrogen) atoms. The fourth-order valence-corrected chi connectivity index (χ4v) is 4.40. The molecular weight excluding hydrogens is 473 g/mol. The van der Waals surface area contributed by atoms with Crippen molar-refractivity contribution in [2.75, 3.05) is 5.32 Å². The molecule has 3 N–H and O–H groups in total. The molecule has 2 amide bonds. The molecule has 1 aromatic rings. The maximum absolute atomic E-state index is 13.2. The number of ether oxygens (including phenoxy) is 1. The van der Waals surface area contributed by atoms with Gasteiger partial charge in [-0.2, -0.15) is 0 Å². The third-order valence-corrected chi connectivity index (χ3v) is 7.23. The molecule has 0 bridgehead atoms. The van der Waals surface area contributed by atoms with E-state index in [2.05, 4.69) is 25.9 Å². The molecule has 2 aliphatic rings. The number of nitrogens with one attached hydrogen (secondary N) is 3. The van der Waals surface area contributed by atoms with Crippen LogP contribution in [-0.2, 0) is 18.8 Å². The summed E-state index contributed by atoms with van der Waals surface area (Å²) in [5.74, 6) is 0.156. The van der Waals surface area contributed by atoms with Gasteiger partial charge in [0.1, 0.15) is 11.6 Å². The summed E-state index contributed by atoms with van der Waals surface area (Å²) < 4.78 is 17.5. The summed E-state index contributed by atoms with van der Waals surface area (Å²) in [5, 5.41) is 9.27. The summed E-state index contributed by atoms with van der Waals surface area (Å²) in [5.41, 5.74) is -0.758. The summed E-state index contributed by atoms with van der Waals surface area (Å²) in [4.78, 5) is 34.5. The molecule has 11 heteroatoms. The van der Waals surface area contributed by atoms with Gasteiger partial charge in [-0.15, -0.1) is 0 Å². The SMILES string of the molecule is CC(C)[C@@H](NC(=O)OC(C)(C)C)C(=O)N[C@@H]1CCCC[C@@H]1Nc1ncc(B2OC(C)(C)C(C)(C)O2)cn1. The van der Waals surface area contributed by atoms with Gasteiger partial charge in [-0.1, -0.05) is 26.7 Å². The highest BCUT2D eigenvalue weighted by molar-refractivity contribution is 6.61. The van der Waals surface area contributed by atoms with Crippen LogP contribution in [-0.4, -0.2) is 64.0 Å². The molecule has 2 heterocycles. The van der Waals surface area contributed by atoms with E-state index in [4.69, 9.17) is 14.0 Å². The zero-order chi connectivity index (χ0) is 27.6. The standard InChI is InChI=1S/C26H44BN5O5/c1-16(2)20(32-23(34)35-24(3,4)5)21(33)30-18-12-10-11-13-19(18)31-22-28-14-17(15-29-22)27-36-25(6,7)26(8,9)37-27/h14-16,18-20H,10-13H2,1-9H3,(H,30,33)(H,32,34)(H,28,29,31)/t18-,19+,20-/m1/s1. The van der Waals surface area contributed by atoms with Crippen LogP contribution in [0.1, 0.15) is 88.0 Å². The van der Waals surface area contributed by atoms with Gasteiger partial charge in [0.2, 0.25) is 11.9 Å². The minimum absolute atomic E-state index is 0.0327. The zero-order valence-electron chi connectivity index (χ0n) is 23.8. The highest BCUT2D eigenvalue weighted by Gasteiger charge is 2.52. The van der Waals surface area contributed by atoms with E-state index in [-0.39, 0.29) is 23.9 Å². The Labute approximate surface area is 221 Å². The summed E-state index contributed by atoms with van der Waals surface area (Å²) in [7, 11) is -0.522. The maximum atomic E-state index is 13.2. The number of hydrogen-bond donors (Lipinski definition) is 3. The molecule has 1 saturated carbocycles. The molecule has 1 saturated heterocycles. The molecule has 1 aliphatic carbocycles. The van der Waals surface area contributed by atoms with E-state index in [1.165, 1.54) is 0 Å². The zero-order valence-corrected chi connectivity index (χ0v) is 23.8. The summed E-state index contributed by atoms with van der Waals surface area (Å²) in [6.07, 6.45) is 6.58. The largest absolute Gasteiger partial charge is 0.498 e. The average molecular weight is 517 g/mol.